The molecule has 1 saturated carbocycles. The largest absolute Gasteiger partial charge is 0.356 e. The zero-order chi connectivity index (χ0) is 19.1. The van der Waals surface area contributed by atoms with E-state index in [2.05, 4.69) is 32.5 Å². The van der Waals surface area contributed by atoms with E-state index in [9.17, 15) is 8.42 Å². The highest BCUT2D eigenvalue weighted by molar-refractivity contribution is 14.0. The molecule has 3 rings (SSSR count). The van der Waals surface area contributed by atoms with E-state index in [1.807, 2.05) is 30.3 Å². The summed E-state index contributed by atoms with van der Waals surface area (Å²) in [6, 6.07) is 17.3. The van der Waals surface area contributed by atoms with Crippen LogP contribution in [-0.2, 0) is 23.0 Å². The second kappa shape index (κ2) is 10.8. The van der Waals surface area contributed by atoms with Crippen LogP contribution < -0.4 is 15.4 Å². The summed E-state index contributed by atoms with van der Waals surface area (Å²) in [6.07, 6.45) is 2.78. The first kappa shape index (κ1) is 22.6. The van der Waals surface area contributed by atoms with Gasteiger partial charge in [-0.05, 0) is 42.5 Å². The van der Waals surface area contributed by atoms with E-state index in [0.29, 0.717) is 11.4 Å². The molecule has 0 radical (unpaired) electrons. The molecule has 0 spiro atoms. The van der Waals surface area contributed by atoms with Crippen molar-refractivity contribution in [3.8, 4) is 0 Å². The van der Waals surface area contributed by atoms with Gasteiger partial charge in [-0.2, -0.15) is 0 Å². The number of sulfonamides is 1. The fraction of sp³-hybridized carbons (Fsp3) is 0.350. The van der Waals surface area contributed by atoms with Crippen LogP contribution in [0.25, 0.3) is 0 Å². The first-order valence-electron chi connectivity index (χ1n) is 9.16. The van der Waals surface area contributed by atoms with Crippen LogP contribution in [-0.4, -0.2) is 34.0 Å². The highest BCUT2D eigenvalue weighted by atomic mass is 127. The van der Waals surface area contributed by atoms with Crippen LogP contribution in [0, 0.1) is 0 Å². The number of benzene rings is 2. The maximum Gasteiger partial charge on any atom is 0.240 e. The van der Waals surface area contributed by atoms with Crippen LogP contribution in [0.1, 0.15) is 24.0 Å². The Kier molecular flexibility index (Phi) is 8.71. The summed E-state index contributed by atoms with van der Waals surface area (Å²) in [5, 5.41) is 6.53. The number of nitrogens with one attached hydrogen (secondary N) is 3. The monoisotopic (exact) mass is 514 g/mol. The van der Waals surface area contributed by atoms with Crippen molar-refractivity contribution >= 4 is 40.0 Å². The molecule has 2 aromatic carbocycles. The Morgan fingerprint density at radius 1 is 1.00 bits per heavy atom. The minimum atomic E-state index is -3.39. The van der Waals surface area contributed by atoms with Gasteiger partial charge in [0.25, 0.3) is 0 Å². The lowest BCUT2D eigenvalue weighted by atomic mass is 10.1. The summed E-state index contributed by atoms with van der Waals surface area (Å²) in [4.78, 5) is 4.53. The molecule has 6 nitrogen and oxygen atoms in total. The van der Waals surface area contributed by atoms with Crippen molar-refractivity contribution in [2.24, 2.45) is 4.99 Å². The van der Waals surface area contributed by atoms with E-state index < -0.39 is 10.0 Å². The summed E-state index contributed by atoms with van der Waals surface area (Å²) in [7, 11) is -1.66. The third kappa shape index (κ3) is 7.06. The predicted molar refractivity (Wildman–Crippen MR) is 124 cm³/mol. The Balaban J connectivity index is 0.00000280. The standard InChI is InChI=1S/C20H26N4O2S.HI/c1-21-20(22-14-13-16-5-3-2-4-6-16)23-15-17-7-11-19(12-8-17)27(25,26)24-18-9-10-18;/h2-8,11-12,18,24H,9-10,13-15H2,1H3,(H2,21,22,23);1H. The van der Waals surface area contributed by atoms with Gasteiger partial charge in [0.05, 0.1) is 4.90 Å². The molecule has 3 N–H and O–H groups in total. The third-order valence-electron chi connectivity index (χ3n) is 4.37. The fourth-order valence-corrected chi connectivity index (χ4v) is 3.96. The zero-order valence-corrected chi connectivity index (χ0v) is 19.0. The van der Waals surface area contributed by atoms with Gasteiger partial charge in [-0.1, -0.05) is 42.5 Å². The molecule has 1 fully saturated rings. The Hall–Kier alpha value is -1.65. The van der Waals surface area contributed by atoms with Gasteiger partial charge < -0.3 is 10.6 Å². The van der Waals surface area contributed by atoms with Gasteiger partial charge in [-0.3, -0.25) is 4.99 Å². The highest BCUT2D eigenvalue weighted by Crippen LogP contribution is 2.22. The third-order valence-corrected chi connectivity index (χ3v) is 5.90. The molecule has 28 heavy (non-hydrogen) atoms. The molecule has 0 bridgehead atoms. The molecule has 0 heterocycles. The van der Waals surface area contributed by atoms with Crippen molar-refractivity contribution in [3.05, 3.63) is 65.7 Å². The van der Waals surface area contributed by atoms with Crippen molar-refractivity contribution < 1.29 is 8.42 Å². The SMILES string of the molecule is CN=C(NCCc1ccccc1)NCc1ccc(S(=O)(=O)NC2CC2)cc1.I. The van der Waals surface area contributed by atoms with Crippen LogP contribution in [0.15, 0.2) is 64.5 Å². The Morgan fingerprint density at radius 3 is 2.29 bits per heavy atom. The fourth-order valence-electron chi connectivity index (χ4n) is 2.65. The number of aliphatic imine (C=N–C) groups is 1. The van der Waals surface area contributed by atoms with Crippen LogP contribution in [0.5, 0.6) is 0 Å². The lowest BCUT2D eigenvalue weighted by molar-refractivity contribution is 0.581. The quantitative estimate of drug-likeness (QED) is 0.288. The Labute approximate surface area is 184 Å². The molecule has 1 aliphatic rings. The average Bonchev–Trinajstić information content (AvgIpc) is 3.49. The molecule has 0 amide bonds. The molecule has 8 heteroatoms. The van der Waals surface area contributed by atoms with Crippen molar-refractivity contribution in [1.29, 1.82) is 0 Å². The molecule has 0 aromatic heterocycles. The summed E-state index contributed by atoms with van der Waals surface area (Å²) >= 11 is 0. The van der Waals surface area contributed by atoms with Crippen LogP contribution in [0.3, 0.4) is 0 Å². The molecular formula is C20H27IN4O2S. The van der Waals surface area contributed by atoms with Gasteiger partial charge in [0, 0.05) is 26.2 Å². The zero-order valence-electron chi connectivity index (χ0n) is 15.9. The van der Waals surface area contributed by atoms with Crippen LogP contribution in [0.4, 0.5) is 0 Å². The molecule has 2 aromatic rings. The smallest absolute Gasteiger partial charge is 0.240 e. The van der Waals surface area contributed by atoms with Gasteiger partial charge in [0.1, 0.15) is 0 Å². The number of guanidine groups is 1. The van der Waals surface area contributed by atoms with Gasteiger partial charge in [0.2, 0.25) is 10.0 Å². The van der Waals surface area contributed by atoms with Crippen molar-refractivity contribution in [1.82, 2.24) is 15.4 Å². The number of nitrogens with zero attached hydrogens (tertiary/aromatic N) is 1. The topological polar surface area (TPSA) is 82.6 Å². The van der Waals surface area contributed by atoms with E-state index in [-0.39, 0.29) is 30.0 Å². The summed E-state index contributed by atoms with van der Waals surface area (Å²) in [5.74, 6) is 0.720. The minimum absolute atomic E-state index is 0. The highest BCUT2D eigenvalue weighted by Gasteiger charge is 2.27. The number of halogens is 1. The molecular weight excluding hydrogens is 487 g/mol. The predicted octanol–water partition coefficient (Wildman–Crippen LogP) is 2.65. The van der Waals surface area contributed by atoms with E-state index in [1.54, 1.807) is 19.2 Å². The lowest BCUT2D eigenvalue weighted by Crippen LogP contribution is -2.37. The Morgan fingerprint density at radius 2 is 1.68 bits per heavy atom. The summed E-state index contributed by atoms with van der Waals surface area (Å²) in [6.45, 7) is 1.36. The van der Waals surface area contributed by atoms with Crippen LogP contribution in [0.2, 0.25) is 0 Å². The Bertz CT molecular complexity index is 867. The normalized spacial score (nSPS) is 14.2. The molecule has 1 aliphatic carbocycles. The van der Waals surface area contributed by atoms with Crippen molar-refractivity contribution in [2.75, 3.05) is 13.6 Å². The second-order valence-electron chi connectivity index (χ2n) is 6.63. The summed E-state index contributed by atoms with van der Waals surface area (Å²) in [5.41, 5.74) is 2.27. The lowest BCUT2D eigenvalue weighted by Gasteiger charge is -2.12. The number of hydrogen-bond donors (Lipinski definition) is 3. The van der Waals surface area contributed by atoms with E-state index in [1.165, 1.54) is 5.56 Å². The van der Waals surface area contributed by atoms with Gasteiger partial charge >= 0.3 is 0 Å². The molecule has 0 saturated heterocycles. The van der Waals surface area contributed by atoms with Crippen molar-refractivity contribution in [3.63, 3.8) is 0 Å². The average molecular weight is 514 g/mol. The van der Waals surface area contributed by atoms with Crippen molar-refractivity contribution in [2.45, 2.75) is 36.7 Å². The molecule has 0 atom stereocenters. The minimum Gasteiger partial charge on any atom is -0.356 e. The maximum atomic E-state index is 12.2. The molecule has 152 valence electrons. The summed E-state index contributed by atoms with van der Waals surface area (Å²) < 4.78 is 27.1. The van der Waals surface area contributed by atoms with Gasteiger partial charge in [-0.25, -0.2) is 13.1 Å². The van der Waals surface area contributed by atoms with Crippen LogP contribution >= 0.6 is 24.0 Å². The second-order valence-corrected chi connectivity index (χ2v) is 8.34. The number of rotatable bonds is 8. The maximum absolute atomic E-state index is 12.2. The van der Waals surface area contributed by atoms with Gasteiger partial charge in [-0.15, -0.1) is 24.0 Å². The molecule has 0 aliphatic heterocycles. The van der Waals surface area contributed by atoms with E-state index >= 15 is 0 Å². The number of hydrogen-bond acceptors (Lipinski definition) is 3. The molecule has 0 unspecified atom stereocenters. The first-order valence-corrected chi connectivity index (χ1v) is 10.6. The van der Waals surface area contributed by atoms with E-state index in [0.717, 1.165) is 37.3 Å². The van der Waals surface area contributed by atoms with Gasteiger partial charge in [0.15, 0.2) is 5.96 Å². The van der Waals surface area contributed by atoms with E-state index in [4.69, 9.17) is 0 Å². The first-order chi connectivity index (χ1) is 13.1.